The van der Waals surface area contributed by atoms with Crippen LogP contribution in [0.5, 0.6) is 0 Å². The number of carboxylic acids is 1. The average molecular weight is 296 g/mol. The van der Waals surface area contributed by atoms with Gasteiger partial charge in [0.25, 0.3) is 0 Å². The quantitative estimate of drug-likeness (QED) is 0.780. The van der Waals surface area contributed by atoms with E-state index in [0.717, 1.165) is 5.76 Å². The smallest absolute Gasteiger partial charge is 0.315 e. The Bertz CT molecular complexity index is 541. The number of aliphatic carboxylic acids is 1. The molecule has 21 heavy (non-hydrogen) atoms. The normalized spacial score (nSPS) is 26.3. The first-order valence-electron chi connectivity index (χ1n) is 6.77. The molecular formula is C14H20N2O5. The second-order valence-corrected chi connectivity index (χ2v) is 5.58. The van der Waals surface area contributed by atoms with Gasteiger partial charge in [0.05, 0.1) is 25.3 Å². The molecule has 2 rings (SSSR count). The number of urea groups is 1. The number of rotatable bonds is 4. The fourth-order valence-corrected chi connectivity index (χ4v) is 2.24. The van der Waals surface area contributed by atoms with Gasteiger partial charge in [0, 0.05) is 0 Å². The first kappa shape index (κ1) is 15.4. The average Bonchev–Trinajstić information content (AvgIpc) is 2.97. The van der Waals surface area contributed by atoms with Crippen LogP contribution in [-0.2, 0) is 9.53 Å². The number of carbonyl (C=O) groups excluding carboxylic acids is 1. The Labute approximate surface area is 122 Å². The summed E-state index contributed by atoms with van der Waals surface area (Å²) in [6.07, 6.45) is 0. The summed E-state index contributed by atoms with van der Waals surface area (Å²) in [7, 11) is 0. The third-order valence-corrected chi connectivity index (χ3v) is 3.78. The first-order valence-corrected chi connectivity index (χ1v) is 6.77. The van der Waals surface area contributed by atoms with E-state index in [0.29, 0.717) is 5.76 Å². The number of hydrogen-bond donors (Lipinski definition) is 3. The molecule has 1 saturated heterocycles. The number of nitrogens with one attached hydrogen (secondary N) is 2. The lowest BCUT2D eigenvalue weighted by Gasteiger charge is -2.26. The van der Waals surface area contributed by atoms with Gasteiger partial charge in [0.1, 0.15) is 16.9 Å². The van der Waals surface area contributed by atoms with Crippen LogP contribution in [0.1, 0.15) is 31.4 Å². The molecule has 1 fully saturated rings. The van der Waals surface area contributed by atoms with E-state index in [-0.39, 0.29) is 19.3 Å². The second kappa shape index (κ2) is 5.77. The summed E-state index contributed by atoms with van der Waals surface area (Å²) >= 11 is 0. The molecule has 0 radical (unpaired) electrons. The van der Waals surface area contributed by atoms with Gasteiger partial charge in [-0.25, -0.2) is 4.79 Å². The third-order valence-electron chi connectivity index (χ3n) is 3.78. The number of hydrogen-bond acceptors (Lipinski definition) is 4. The Morgan fingerprint density at radius 1 is 1.48 bits per heavy atom. The van der Waals surface area contributed by atoms with Crippen molar-refractivity contribution in [3.8, 4) is 0 Å². The highest BCUT2D eigenvalue weighted by atomic mass is 16.5. The highest BCUT2D eigenvalue weighted by Gasteiger charge is 2.47. The molecule has 116 valence electrons. The van der Waals surface area contributed by atoms with Gasteiger partial charge in [0.2, 0.25) is 0 Å². The van der Waals surface area contributed by atoms with Crippen molar-refractivity contribution in [2.45, 2.75) is 32.9 Å². The van der Waals surface area contributed by atoms with Crippen molar-refractivity contribution >= 4 is 12.0 Å². The monoisotopic (exact) mass is 296 g/mol. The topological polar surface area (TPSA) is 101 Å². The fraction of sp³-hybridized carbons (Fsp3) is 0.571. The van der Waals surface area contributed by atoms with E-state index in [1.165, 1.54) is 0 Å². The summed E-state index contributed by atoms with van der Waals surface area (Å²) in [4.78, 5) is 23.3. The van der Waals surface area contributed by atoms with Crippen LogP contribution < -0.4 is 10.6 Å². The highest BCUT2D eigenvalue weighted by Crippen LogP contribution is 2.28. The Morgan fingerprint density at radius 2 is 2.19 bits per heavy atom. The number of amides is 2. The van der Waals surface area contributed by atoms with Gasteiger partial charge >= 0.3 is 12.0 Å². The molecule has 1 aromatic rings. The van der Waals surface area contributed by atoms with Crippen molar-refractivity contribution in [2.75, 3.05) is 13.2 Å². The Balaban J connectivity index is 1.94. The molecule has 3 atom stereocenters. The van der Waals surface area contributed by atoms with Gasteiger partial charge in [-0.15, -0.1) is 0 Å². The number of carboxylic acid groups (broad SMARTS) is 1. The summed E-state index contributed by atoms with van der Waals surface area (Å²) < 4.78 is 10.6. The molecule has 0 aromatic carbocycles. The van der Waals surface area contributed by atoms with Gasteiger partial charge in [-0.2, -0.15) is 0 Å². The molecule has 0 aliphatic carbocycles. The zero-order valence-electron chi connectivity index (χ0n) is 12.3. The Hall–Kier alpha value is -2.02. The van der Waals surface area contributed by atoms with Crippen LogP contribution in [0.3, 0.4) is 0 Å². The Morgan fingerprint density at radius 3 is 2.76 bits per heavy atom. The van der Waals surface area contributed by atoms with Crippen LogP contribution in [0, 0.1) is 12.3 Å². The lowest BCUT2D eigenvalue weighted by atomic mass is 9.85. The molecule has 0 spiro atoms. The summed E-state index contributed by atoms with van der Waals surface area (Å²) in [5.41, 5.74) is -1.11. The maximum atomic E-state index is 12.0. The van der Waals surface area contributed by atoms with Crippen molar-refractivity contribution in [3.05, 3.63) is 23.7 Å². The van der Waals surface area contributed by atoms with Gasteiger partial charge in [0.15, 0.2) is 0 Å². The second-order valence-electron chi connectivity index (χ2n) is 5.58. The van der Waals surface area contributed by atoms with Crippen molar-refractivity contribution < 1.29 is 23.8 Å². The molecule has 1 aromatic heterocycles. The maximum Gasteiger partial charge on any atom is 0.315 e. The van der Waals surface area contributed by atoms with Gasteiger partial charge in [-0.3, -0.25) is 4.79 Å². The molecule has 3 N–H and O–H groups in total. The van der Waals surface area contributed by atoms with Crippen molar-refractivity contribution in [2.24, 2.45) is 5.41 Å². The zero-order valence-corrected chi connectivity index (χ0v) is 12.3. The lowest BCUT2D eigenvalue weighted by molar-refractivity contribution is -0.148. The number of furan rings is 1. The number of ether oxygens (including phenoxy) is 1. The molecule has 7 nitrogen and oxygen atoms in total. The van der Waals surface area contributed by atoms with Crippen molar-refractivity contribution in [3.63, 3.8) is 0 Å². The van der Waals surface area contributed by atoms with E-state index >= 15 is 0 Å². The minimum absolute atomic E-state index is 0.0835. The first-order chi connectivity index (χ1) is 9.83. The molecular weight excluding hydrogens is 276 g/mol. The summed E-state index contributed by atoms with van der Waals surface area (Å²) in [6, 6.07) is 2.29. The largest absolute Gasteiger partial charge is 0.481 e. The maximum absolute atomic E-state index is 12.0. The van der Waals surface area contributed by atoms with Crippen molar-refractivity contribution in [1.82, 2.24) is 10.6 Å². The summed E-state index contributed by atoms with van der Waals surface area (Å²) in [6.45, 7) is 5.45. The van der Waals surface area contributed by atoms with E-state index in [4.69, 9.17) is 9.15 Å². The minimum Gasteiger partial charge on any atom is -0.481 e. The van der Waals surface area contributed by atoms with Crippen LogP contribution in [-0.4, -0.2) is 36.4 Å². The number of carbonyl (C=O) groups is 2. The van der Waals surface area contributed by atoms with E-state index < -0.39 is 23.5 Å². The van der Waals surface area contributed by atoms with E-state index in [9.17, 15) is 14.7 Å². The SMILES string of the molecule is Cc1ccc(C(C)NC(=O)NC2COCC2(C)C(=O)O)o1. The fourth-order valence-electron chi connectivity index (χ4n) is 2.24. The molecule has 1 aliphatic rings. The molecule has 3 unspecified atom stereocenters. The summed E-state index contributed by atoms with van der Waals surface area (Å²) in [5, 5.41) is 14.6. The molecule has 0 saturated carbocycles. The molecule has 0 bridgehead atoms. The van der Waals surface area contributed by atoms with Gasteiger partial charge < -0.3 is 24.9 Å². The van der Waals surface area contributed by atoms with Gasteiger partial charge in [-0.05, 0) is 32.9 Å². The molecule has 2 amide bonds. The zero-order chi connectivity index (χ0) is 15.6. The highest BCUT2D eigenvalue weighted by molar-refractivity contribution is 5.79. The summed E-state index contributed by atoms with van der Waals surface area (Å²) in [5.74, 6) is 0.424. The predicted molar refractivity (Wildman–Crippen MR) is 73.9 cm³/mol. The van der Waals surface area contributed by atoms with Crippen LogP contribution in [0.2, 0.25) is 0 Å². The third kappa shape index (κ3) is 3.18. The Kier molecular flexibility index (Phi) is 4.22. The molecule has 7 heteroatoms. The van der Waals surface area contributed by atoms with Crippen molar-refractivity contribution in [1.29, 1.82) is 0 Å². The van der Waals surface area contributed by atoms with Crippen LogP contribution in [0.25, 0.3) is 0 Å². The standard InChI is InChI=1S/C14H20N2O5/c1-8-4-5-10(21-8)9(2)15-13(19)16-11-6-20-7-14(11,3)12(17)18/h4-5,9,11H,6-7H2,1-3H3,(H,17,18)(H2,15,16,19). The number of aryl methyl sites for hydroxylation is 1. The van der Waals surface area contributed by atoms with Gasteiger partial charge in [-0.1, -0.05) is 0 Å². The van der Waals surface area contributed by atoms with E-state index in [1.54, 1.807) is 19.9 Å². The van der Waals surface area contributed by atoms with Crippen LogP contribution >= 0.6 is 0 Å². The van der Waals surface area contributed by atoms with Crippen LogP contribution in [0.4, 0.5) is 4.79 Å². The molecule has 2 heterocycles. The minimum atomic E-state index is -1.11. The van der Waals surface area contributed by atoms with E-state index in [1.807, 2.05) is 13.0 Å². The predicted octanol–water partition coefficient (Wildman–Crippen LogP) is 1.44. The molecule has 1 aliphatic heterocycles. The van der Waals surface area contributed by atoms with E-state index in [2.05, 4.69) is 10.6 Å². The van der Waals surface area contributed by atoms with Crippen LogP contribution in [0.15, 0.2) is 16.5 Å². The lowest BCUT2D eigenvalue weighted by Crippen LogP contribution is -2.52.